The molecule has 0 bridgehead atoms. The third-order valence-corrected chi connectivity index (χ3v) is 11.1. The Bertz CT molecular complexity index is 2120. The minimum atomic E-state index is -1.29. The molecule has 6 nitrogen and oxygen atoms in total. The van der Waals surface area contributed by atoms with Crippen molar-refractivity contribution in [2.45, 2.75) is 29.7 Å². The van der Waals surface area contributed by atoms with Crippen molar-refractivity contribution in [2.24, 2.45) is 5.41 Å². The summed E-state index contributed by atoms with van der Waals surface area (Å²) in [6, 6.07) is 61.2. The van der Waals surface area contributed by atoms with Crippen LogP contribution in [-0.2, 0) is 14.5 Å². The Labute approximate surface area is 305 Å². The van der Waals surface area contributed by atoms with Crippen molar-refractivity contribution in [3.05, 3.63) is 204 Å². The van der Waals surface area contributed by atoms with Gasteiger partial charge in [-0.1, -0.05) is 158 Å². The molecule has 0 aromatic heterocycles. The average molecular weight is 684 g/mol. The molecule has 6 heteroatoms. The number of carbonyl (C=O) groups is 1. The highest BCUT2D eigenvalue weighted by molar-refractivity contribution is 5.98. The zero-order valence-corrected chi connectivity index (χ0v) is 29.1. The number of nitrogens with zero attached hydrogens (tertiary/aromatic N) is 3. The fourth-order valence-electron chi connectivity index (χ4n) is 9.18. The molecule has 2 spiro atoms. The molecule has 3 aliphatic rings. The van der Waals surface area contributed by atoms with Gasteiger partial charge in [0.1, 0.15) is 11.5 Å². The molecule has 0 radical (unpaired) electrons. The van der Waals surface area contributed by atoms with Gasteiger partial charge in [-0.25, -0.2) is 10.1 Å². The highest BCUT2D eigenvalue weighted by Crippen LogP contribution is 2.65. The van der Waals surface area contributed by atoms with Gasteiger partial charge in [0.05, 0.1) is 29.4 Å². The maximum absolute atomic E-state index is 16.7. The maximum atomic E-state index is 16.7. The molecule has 3 fully saturated rings. The molecule has 52 heavy (non-hydrogen) atoms. The molecule has 0 amide bonds. The fraction of sp³-hybridized carbons (Fsp3) is 0.196. The second-order valence-electron chi connectivity index (χ2n) is 14.3. The zero-order chi connectivity index (χ0) is 35.1. The number of ketones is 1. The van der Waals surface area contributed by atoms with E-state index in [-0.39, 0.29) is 17.7 Å². The topological polar surface area (TPSA) is 45.3 Å². The van der Waals surface area contributed by atoms with Crippen LogP contribution in [0.3, 0.4) is 0 Å². The van der Waals surface area contributed by atoms with Crippen LogP contribution in [0, 0.1) is 5.41 Å². The maximum Gasteiger partial charge on any atom is 0.182 e. The van der Waals surface area contributed by atoms with Gasteiger partial charge in [0.25, 0.3) is 0 Å². The first-order chi connectivity index (χ1) is 25.6. The smallest absolute Gasteiger partial charge is 0.182 e. The second-order valence-corrected chi connectivity index (χ2v) is 14.3. The van der Waals surface area contributed by atoms with Gasteiger partial charge in [0.2, 0.25) is 0 Å². The standard InChI is InChI=1S/C46H41N3O3/c1-47-32-45(42(36-24-12-4-13-25-36)49(39-30-18-7-19-31-39)51-43(45)37-26-14-5-15-27-37)44(50)46(33-47)40(34-20-8-2-9-21-34)41(35-22-10-3-11-23-35)48(52-46)38-28-16-6-17-29-38/h2-31,40-43H,32-33H2,1H3/t40-,41-,42-,43+,45-,46+/m1/s1. The SMILES string of the molecule is CN1C[C@]2(C(=O)[C@@]3(C1)ON(c1ccccc1)[C@H](c1ccccc1)[C@H]3c1ccccc1)[C@H](c1ccccc1)ON(c1ccccc1)[C@@H]2c1ccccc1. The van der Waals surface area contributed by atoms with E-state index in [2.05, 4.69) is 121 Å². The Morgan fingerprint density at radius 1 is 0.519 bits per heavy atom. The number of carbonyl (C=O) groups excluding carboxylic acids is 1. The summed E-state index contributed by atoms with van der Waals surface area (Å²) in [4.78, 5) is 33.7. The Morgan fingerprint density at radius 3 is 1.50 bits per heavy atom. The third kappa shape index (κ3) is 5.17. The molecule has 0 saturated carbocycles. The van der Waals surface area contributed by atoms with Crippen molar-refractivity contribution in [1.82, 2.24) is 4.90 Å². The van der Waals surface area contributed by atoms with Crippen LogP contribution >= 0.6 is 0 Å². The molecule has 6 aromatic rings. The van der Waals surface area contributed by atoms with Gasteiger partial charge in [-0.05, 0) is 53.6 Å². The molecule has 3 aliphatic heterocycles. The average Bonchev–Trinajstić information content (AvgIpc) is 3.73. The Morgan fingerprint density at radius 2 is 0.962 bits per heavy atom. The number of likely N-dealkylation sites (N-methyl/N-ethyl adjacent to an activating group) is 1. The van der Waals surface area contributed by atoms with E-state index in [0.29, 0.717) is 13.1 Å². The number of hydrogen-bond donors (Lipinski definition) is 0. The van der Waals surface area contributed by atoms with Crippen molar-refractivity contribution >= 4 is 17.2 Å². The quantitative estimate of drug-likeness (QED) is 0.175. The van der Waals surface area contributed by atoms with Crippen LogP contribution in [0.5, 0.6) is 0 Å². The van der Waals surface area contributed by atoms with Crippen LogP contribution in [0.4, 0.5) is 11.4 Å². The van der Waals surface area contributed by atoms with Crippen molar-refractivity contribution in [3.63, 3.8) is 0 Å². The van der Waals surface area contributed by atoms with Crippen molar-refractivity contribution in [1.29, 1.82) is 0 Å². The Balaban J connectivity index is 1.32. The number of hydroxylamine groups is 2. The van der Waals surface area contributed by atoms with Crippen LogP contribution < -0.4 is 10.1 Å². The van der Waals surface area contributed by atoms with Crippen molar-refractivity contribution < 1.29 is 14.5 Å². The summed E-state index contributed by atoms with van der Waals surface area (Å²) in [5.41, 5.74) is 3.51. The predicted octanol–water partition coefficient (Wildman–Crippen LogP) is 9.14. The summed E-state index contributed by atoms with van der Waals surface area (Å²) < 4.78 is 0. The molecule has 6 atom stereocenters. The first-order valence-corrected chi connectivity index (χ1v) is 18.1. The molecule has 6 aromatic carbocycles. The largest absolute Gasteiger partial charge is 0.302 e. The molecule has 258 valence electrons. The summed E-state index contributed by atoms with van der Waals surface area (Å²) in [7, 11) is 2.12. The molecular weight excluding hydrogens is 643 g/mol. The highest BCUT2D eigenvalue weighted by atomic mass is 16.7. The number of benzene rings is 6. The van der Waals surface area contributed by atoms with Crippen molar-refractivity contribution in [2.75, 3.05) is 30.3 Å². The summed E-state index contributed by atoms with van der Waals surface area (Å²) in [6.45, 7) is 0.885. The molecule has 9 rings (SSSR count). The summed E-state index contributed by atoms with van der Waals surface area (Å²) in [5.74, 6) is -0.311. The van der Waals surface area contributed by atoms with E-state index < -0.39 is 23.2 Å². The van der Waals surface area contributed by atoms with Crippen molar-refractivity contribution in [3.8, 4) is 0 Å². The summed E-state index contributed by atoms with van der Waals surface area (Å²) in [5, 5.41) is 4.01. The van der Waals surface area contributed by atoms with Crippen LogP contribution in [0.1, 0.15) is 46.4 Å². The van der Waals surface area contributed by atoms with E-state index in [1.165, 1.54) is 0 Å². The molecule has 3 heterocycles. The summed E-state index contributed by atoms with van der Waals surface area (Å²) >= 11 is 0. The van der Waals surface area contributed by atoms with Gasteiger partial charge < -0.3 is 4.90 Å². The normalized spacial score (nSPS) is 27.4. The van der Waals surface area contributed by atoms with Gasteiger partial charge in [-0.15, -0.1) is 0 Å². The molecule has 3 saturated heterocycles. The van der Waals surface area contributed by atoms with Crippen LogP contribution in [0.25, 0.3) is 0 Å². The molecular formula is C46H41N3O3. The molecule has 0 aliphatic carbocycles. The van der Waals surface area contributed by atoms with Gasteiger partial charge in [-0.2, -0.15) is 0 Å². The van der Waals surface area contributed by atoms with Gasteiger partial charge in [0, 0.05) is 13.1 Å². The molecule has 0 unspecified atom stereocenters. The van der Waals surface area contributed by atoms with E-state index in [4.69, 9.17) is 9.68 Å². The van der Waals surface area contributed by atoms with Crippen LogP contribution in [0.2, 0.25) is 0 Å². The van der Waals surface area contributed by atoms with Gasteiger partial charge in [0.15, 0.2) is 11.4 Å². The second kappa shape index (κ2) is 13.2. The molecule has 0 N–H and O–H groups in total. The first kappa shape index (κ1) is 32.4. The Hall–Kier alpha value is -5.53. The predicted molar refractivity (Wildman–Crippen MR) is 204 cm³/mol. The number of para-hydroxylation sites is 2. The number of rotatable bonds is 6. The lowest BCUT2D eigenvalue weighted by Gasteiger charge is -2.51. The fourth-order valence-corrected chi connectivity index (χ4v) is 9.18. The van der Waals surface area contributed by atoms with E-state index in [1.54, 1.807) is 0 Å². The van der Waals surface area contributed by atoms with E-state index in [9.17, 15) is 0 Å². The number of anilines is 2. The third-order valence-electron chi connectivity index (χ3n) is 11.1. The lowest BCUT2D eigenvalue weighted by molar-refractivity contribution is -0.171. The van der Waals surface area contributed by atoms with E-state index in [1.807, 2.05) is 82.9 Å². The lowest BCUT2D eigenvalue weighted by atomic mass is 9.58. The van der Waals surface area contributed by atoms with Crippen LogP contribution in [-0.4, -0.2) is 36.4 Å². The highest BCUT2D eigenvalue weighted by Gasteiger charge is 2.73. The van der Waals surface area contributed by atoms with E-state index >= 15 is 4.79 Å². The summed E-state index contributed by atoms with van der Waals surface area (Å²) in [6.07, 6.45) is -0.604. The monoisotopic (exact) mass is 683 g/mol. The number of likely N-dealkylation sites (tertiary alicyclic amines) is 1. The number of piperidine rings is 1. The number of hydrogen-bond acceptors (Lipinski definition) is 6. The Kier molecular flexibility index (Phi) is 8.23. The number of Topliss-reactive ketones (excluding diaryl/α,β-unsaturated/α-hetero) is 1. The zero-order valence-electron chi connectivity index (χ0n) is 29.1. The van der Waals surface area contributed by atoms with Crippen LogP contribution in [0.15, 0.2) is 182 Å². The van der Waals surface area contributed by atoms with Gasteiger partial charge >= 0.3 is 0 Å². The minimum Gasteiger partial charge on any atom is -0.302 e. The minimum absolute atomic E-state index is 0.0486. The van der Waals surface area contributed by atoms with E-state index in [0.717, 1.165) is 33.6 Å². The lowest BCUT2D eigenvalue weighted by Crippen LogP contribution is -2.67. The first-order valence-electron chi connectivity index (χ1n) is 18.1. The van der Waals surface area contributed by atoms with Gasteiger partial charge in [-0.3, -0.25) is 14.5 Å².